The second kappa shape index (κ2) is 12.5. The summed E-state index contributed by atoms with van der Waals surface area (Å²) in [7, 11) is -4.62. The molecule has 0 aliphatic carbocycles. The Kier molecular flexibility index (Phi) is 9.10. The van der Waals surface area contributed by atoms with Gasteiger partial charge < -0.3 is 15.5 Å². The zero-order chi connectivity index (χ0) is 27.9. The molecule has 0 saturated carbocycles. The van der Waals surface area contributed by atoms with Crippen molar-refractivity contribution in [3.05, 3.63) is 73.2 Å². The predicted octanol–water partition coefficient (Wildman–Crippen LogP) is 3.77. The topological polar surface area (TPSA) is 134 Å². The van der Waals surface area contributed by atoms with Crippen LogP contribution < -0.4 is 10.6 Å². The maximum absolute atomic E-state index is 12.9. The lowest BCUT2D eigenvalue weighted by Gasteiger charge is -2.16. The van der Waals surface area contributed by atoms with Crippen LogP contribution in [-0.2, 0) is 19.7 Å². The van der Waals surface area contributed by atoms with Crippen molar-refractivity contribution in [3.63, 3.8) is 0 Å². The van der Waals surface area contributed by atoms with E-state index in [2.05, 4.69) is 25.6 Å². The Labute approximate surface area is 229 Å². The van der Waals surface area contributed by atoms with Crippen LogP contribution in [0.25, 0.3) is 10.9 Å². The van der Waals surface area contributed by atoms with Gasteiger partial charge in [0.15, 0.2) is 0 Å². The van der Waals surface area contributed by atoms with Gasteiger partial charge in [0.25, 0.3) is 0 Å². The average Bonchev–Trinajstić information content (AvgIpc) is 2.92. The first-order valence-corrected chi connectivity index (χ1v) is 16.0. The number of fused-ring (bicyclic) bond motifs is 1. The molecular weight excluding hydrogens is 536 g/mol. The molecule has 12 heteroatoms. The number of nitrogens with zero attached hydrogens (tertiary/aromatic N) is 4. The third kappa shape index (κ3) is 7.94. The number of benzene rings is 2. The molecule has 2 N–H and O–H groups in total. The Morgan fingerprint density at radius 1 is 0.846 bits per heavy atom. The molecule has 0 aliphatic heterocycles. The van der Waals surface area contributed by atoms with Crippen LogP contribution in [0.3, 0.4) is 0 Å². The summed E-state index contributed by atoms with van der Waals surface area (Å²) in [6.07, 6.45) is 6.21. The molecule has 10 nitrogen and oxygen atoms in total. The summed E-state index contributed by atoms with van der Waals surface area (Å²) in [5.74, 6) is 1.43. The number of hydrogen-bond donors (Lipinski definition) is 2. The van der Waals surface area contributed by atoms with Gasteiger partial charge in [-0.3, -0.25) is 0 Å². The number of unbranched alkanes of at least 4 members (excludes halogenated alkanes) is 1. The van der Waals surface area contributed by atoms with E-state index in [9.17, 15) is 16.8 Å². The molecule has 0 saturated heterocycles. The third-order valence-corrected chi connectivity index (χ3v) is 8.83. The van der Waals surface area contributed by atoms with E-state index in [1.807, 2.05) is 18.0 Å². The second-order valence-electron chi connectivity index (χ2n) is 9.34. The first kappa shape index (κ1) is 28.4. The van der Waals surface area contributed by atoms with Gasteiger partial charge in [0, 0.05) is 30.4 Å². The number of pyridine rings is 1. The average molecular weight is 569 g/mol. The van der Waals surface area contributed by atoms with Gasteiger partial charge in [-0.15, -0.1) is 0 Å². The summed E-state index contributed by atoms with van der Waals surface area (Å²) in [6.45, 7) is 2.06. The fourth-order valence-corrected chi connectivity index (χ4v) is 5.83. The summed E-state index contributed by atoms with van der Waals surface area (Å²) in [6, 6.07) is 16.8. The van der Waals surface area contributed by atoms with Crippen molar-refractivity contribution in [2.24, 2.45) is 0 Å². The van der Waals surface area contributed by atoms with Gasteiger partial charge in [0.1, 0.15) is 27.8 Å². The molecule has 4 rings (SSSR count). The molecule has 39 heavy (non-hydrogen) atoms. The Morgan fingerprint density at radius 2 is 1.56 bits per heavy atom. The molecule has 0 unspecified atom stereocenters. The van der Waals surface area contributed by atoms with Crippen molar-refractivity contribution in [1.29, 1.82) is 0 Å². The number of nitrogens with one attached hydrogen (secondary N) is 2. The zero-order valence-electron chi connectivity index (χ0n) is 21.9. The van der Waals surface area contributed by atoms with E-state index < -0.39 is 19.7 Å². The van der Waals surface area contributed by atoms with Crippen molar-refractivity contribution in [2.75, 3.05) is 49.3 Å². The number of sulfone groups is 2. The highest BCUT2D eigenvalue weighted by Crippen LogP contribution is 2.27. The number of hydrogen-bond acceptors (Lipinski definition) is 10. The molecule has 0 bridgehead atoms. The Hall–Kier alpha value is -3.61. The molecule has 206 valence electrons. The number of anilines is 3. The van der Waals surface area contributed by atoms with E-state index in [-0.39, 0.29) is 15.5 Å². The zero-order valence-corrected chi connectivity index (χ0v) is 23.5. The molecule has 2 heterocycles. The molecule has 2 aromatic heterocycles. The van der Waals surface area contributed by atoms with Crippen LogP contribution in [-0.4, -0.2) is 75.4 Å². The molecular formula is C27H32N6O4S2. The van der Waals surface area contributed by atoms with Crippen LogP contribution in [0, 0.1) is 0 Å². The molecule has 0 aliphatic rings. The first-order chi connectivity index (χ1) is 18.6. The second-order valence-corrected chi connectivity index (χ2v) is 13.6. The minimum absolute atomic E-state index is 0.165. The van der Waals surface area contributed by atoms with Gasteiger partial charge in [0.05, 0.1) is 27.3 Å². The minimum Gasteiger partial charge on any atom is -0.370 e. The van der Waals surface area contributed by atoms with Gasteiger partial charge in [-0.05, 0) is 68.9 Å². The fourth-order valence-electron chi connectivity index (χ4n) is 3.90. The standard InChI is InChI=1S/C27H32N6O4S2/c1-33(16-17-38(2,34)35)15-7-6-14-28-26-18-24-25(19-29-26)30-20-31-27(24)32-21-10-12-23(13-11-21)39(36,37)22-8-4-3-5-9-22/h3-5,8-13,18-20H,6-7,14-17H2,1-2H3,(H,28,29)(H,30,31,32). The van der Waals surface area contributed by atoms with Gasteiger partial charge in [0.2, 0.25) is 9.84 Å². The first-order valence-electron chi connectivity index (χ1n) is 12.5. The van der Waals surface area contributed by atoms with E-state index in [1.54, 1.807) is 60.8 Å². The van der Waals surface area contributed by atoms with E-state index >= 15 is 0 Å². The molecule has 0 spiro atoms. The van der Waals surface area contributed by atoms with Crippen LogP contribution in [0.15, 0.2) is 83.0 Å². The van der Waals surface area contributed by atoms with Crippen molar-refractivity contribution >= 4 is 47.9 Å². The van der Waals surface area contributed by atoms with Crippen molar-refractivity contribution < 1.29 is 16.8 Å². The highest BCUT2D eigenvalue weighted by molar-refractivity contribution is 7.91. The molecule has 4 aromatic rings. The van der Waals surface area contributed by atoms with Crippen LogP contribution in [0.5, 0.6) is 0 Å². The van der Waals surface area contributed by atoms with E-state index in [0.29, 0.717) is 35.9 Å². The van der Waals surface area contributed by atoms with E-state index in [1.165, 1.54) is 12.6 Å². The summed E-state index contributed by atoms with van der Waals surface area (Å²) in [4.78, 5) is 15.6. The summed E-state index contributed by atoms with van der Waals surface area (Å²) in [5, 5.41) is 7.35. The predicted molar refractivity (Wildman–Crippen MR) is 154 cm³/mol. The molecule has 0 amide bonds. The van der Waals surface area contributed by atoms with Crippen LogP contribution in [0.1, 0.15) is 12.8 Å². The van der Waals surface area contributed by atoms with Crippen LogP contribution in [0.4, 0.5) is 17.3 Å². The van der Waals surface area contributed by atoms with Gasteiger partial charge >= 0.3 is 0 Å². The lowest BCUT2D eigenvalue weighted by Crippen LogP contribution is -2.26. The highest BCUT2D eigenvalue weighted by atomic mass is 32.2. The lowest BCUT2D eigenvalue weighted by atomic mass is 10.2. The van der Waals surface area contributed by atoms with Crippen molar-refractivity contribution in [3.8, 4) is 0 Å². The molecule has 0 atom stereocenters. The maximum Gasteiger partial charge on any atom is 0.206 e. The summed E-state index contributed by atoms with van der Waals surface area (Å²) < 4.78 is 48.3. The molecule has 0 radical (unpaired) electrons. The van der Waals surface area contributed by atoms with E-state index in [0.717, 1.165) is 24.8 Å². The van der Waals surface area contributed by atoms with E-state index in [4.69, 9.17) is 0 Å². The Bertz CT molecular complexity index is 1610. The lowest BCUT2D eigenvalue weighted by molar-refractivity contribution is 0.345. The Morgan fingerprint density at radius 3 is 2.28 bits per heavy atom. The summed E-state index contributed by atoms with van der Waals surface area (Å²) in [5.41, 5.74) is 1.36. The quantitative estimate of drug-likeness (QED) is 0.230. The SMILES string of the molecule is CN(CCCCNc1cc2c(Nc3ccc(S(=O)(=O)c4ccccc4)cc3)ncnc2cn1)CCS(C)(=O)=O. The van der Waals surface area contributed by atoms with Gasteiger partial charge in [-0.1, -0.05) is 18.2 Å². The fraction of sp³-hybridized carbons (Fsp3) is 0.296. The molecule has 2 aromatic carbocycles. The number of aromatic nitrogens is 3. The Balaban J connectivity index is 1.37. The third-order valence-electron chi connectivity index (χ3n) is 6.12. The van der Waals surface area contributed by atoms with Crippen LogP contribution >= 0.6 is 0 Å². The maximum atomic E-state index is 12.9. The van der Waals surface area contributed by atoms with Crippen molar-refractivity contribution in [1.82, 2.24) is 19.9 Å². The van der Waals surface area contributed by atoms with Crippen molar-refractivity contribution in [2.45, 2.75) is 22.6 Å². The normalized spacial score (nSPS) is 12.1. The highest BCUT2D eigenvalue weighted by Gasteiger charge is 2.17. The monoisotopic (exact) mass is 568 g/mol. The van der Waals surface area contributed by atoms with Gasteiger partial charge in [-0.25, -0.2) is 31.8 Å². The molecule has 0 fully saturated rings. The number of rotatable bonds is 13. The smallest absolute Gasteiger partial charge is 0.206 e. The van der Waals surface area contributed by atoms with Gasteiger partial charge in [-0.2, -0.15) is 0 Å². The minimum atomic E-state index is -3.59. The largest absolute Gasteiger partial charge is 0.370 e. The summed E-state index contributed by atoms with van der Waals surface area (Å²) >= 11 is 0. The van der Waals surface area contributed by atoms with Crippen LogP contribution in [0.2, 0.25) is 0 Å².